The van der Waals surface area contributed by atoms with Gasteiger partial charge < -0.3 is 9.80 Å². The van der Waals surface area contributed by atoms with Gasteiger partial charge in [0.15, 0.2) is 0 Å². The highest BCUT2D eigenvalue weighted by atomic mass is 35.5. The van der Waals surface area contributed by atoms with Crippen LogP contribution in [0.1, 0.15) is 26.7 Å². The van der Waals surface area contributed by atoms with Crippen molar-refractivity contribution in [1.29, 1.82) is 0 Å². The fraction of sp³-hybridized carbons (Fsp3) is 0.769. The third-order valence-corrected chi connectivity index (χ3v) is 5.07. The van der Waals surface area contributed by atoms with Crippen LogP contribution in [0.4, 0.5) is 11.9 Å². The summed E-state index contributed by atoms with van der Waals surface area (Å²) in [6.07, 6.45) is 2.40. The van der Waals surface area contributed by atoms with Gasteiger partial charge in [-0.2, -0.15) is 26.7 Å². The minimum atomic E-state index is 0.301. The minimum absolute atomic E-state index is 0.301. The summed E-state index contributed by atoms with van der Waals surface area (Å²) < 4.78 is 0. The van der Waals surface area contributed by atoms with E-state index in [0.717, 1.165) is 38.1 Å². The second kappa shape index (κ2) is 5.93. The lowest BCUT2D eigenvalue weighted by Crippen LogP contribution is -2.41. The molecule has 2 unspecified atom stereocenters. The molecule has 2 fully saturated rings. The zero-order valence-corrected chi connectivity index (χ0v) is 13.5. The van der Waals surface area contributed by atoms with Crippen LogP contribution in [0.5, 0.6) is 0 Å². The van der Waals surface area contributed by atoms with Crippen molar-refractivity contribution < 1.29 is 0 Å². The maximum Gasteiger partial charge on any atom is 0.231 e. The van der Waals surface area contributed by atoms with Gasteiger partial charge in [-0.25, -0.2) is 0 Å². The van der Waals surface area contributed by atoms with E-state index in [4.69, 9.17) is 11.6 Å². The summed E-state index contributed by atoms with van der Waals surface area (Å²) in [6.45, 7) is 8.46. The summed E-state index contributed by atoms with van der Waals surface area (Å²) in [5, 5.41) is 1.48. The van der Waals surface area contributed by atoms with Crippen LogP contribution in [-0.4, -0.2) is 51.6 Å². The monoisotopic (exact) mass is 313 g/mol. The van der Waals surface area contributed by atoms with Gasteiger partial charge >= 0.3 is 0 Å². The summed E-state index contributed by atoms with van der Waals surface area (Å²) in [7, 11) is 0. The Hall–Kier alpha value is -0.750. The number of hydrogen-bond acceptors (Lipinski definition) is 6. The fourth-order valence-corrected chi connectivity index (χ4v) is 4.35. The molecule has 2 aliphatic rings. The molecule has 1 aromatic heterocycles. The summed E-state index contributed by atoms with van der Waals surface area (Å²) in [5.74, 6) is 1.46. The van der Waals surface area contributed by atoms with Gasteiger partial charge in [0.05, 0.1) is 0 Å². The van der Waals surface area contributed by atoms with Gasteiger partial charge in [-0.1, -0.05) is 13.8 Å². The first kappa shape index (κ1) is 14.2. The topological polar surface area (TPSA) is 45.2 Å². The molecule has 5 nitrogen and oxygen atoms in total. The summed E-state index contributed by atoms with van der Waals surface area (Å²) >= 11 is 8.12. The van der Waals surface area contributed by atoms with E-state index in [9.17, 15) is 0 Å². The van der Waals surface area contributed by atoms with E-state index in [1.165, 1.54) is 12.8 Å². The Labute approximate surface area is 129 Å². The normalized spacial score (nSPS) is 27.1. The lowest BCUT2D eigenvalue weighted by Gasteiger charge is -2.34. The van der Waals surface area contributed by atoms with Crippen molar-refractivity contribution in [1.82, 2.24) is 15.0 Å². The van der Waals surface area contributed by atoms with E-state index in [2.05, 4.69) is 38.6 Å². The Kier molecular flexibility index (Phi) is 4.21. The minimum Gasteiger partial charge on any atom is -0.341 e. The van der Waals surface area contributed by atoms with Gasteiger partial charge in [-0.05, 0) is 24.4 Å². The van der Waals surface area contributed by atoms with Crippen LogP contribution in [0, 0.1) is 0 Å². The van der Waals surface area contributed by atoms with E-state index in [-0.39, 0.29) is 0 Å². The van der Waals surface area contributed by atoms with Crippen molar-refractivity contribution in [3.05, 3.63) is 5.28 Å². The first-order valence-electron chi connectivity index (χ1n) is 7.19. The third kappa shape index (κ3) is 3.11. The van der Waals surface area contributed by atoms with Gasteiger partial charge in [0.25, 0.3) is 0 Å². The summed E-state index contributed by atoms with van der Waals surface area (Å²) in [6, 6.07) is 0. The molecule has 0 aromatic carbocycles. The molecule has 3 heterocycles. The highest BCUT2D eigenvalue weighted by Crippen LogP contribution is 2.28. The molecule has 2 saturated heterocycles. The summed E-state index contributed by atoms with van der Waals surface area (Å²) in [4.78, 5) is 17.7. The van der Waals surface area contributed by atoms with Gasteiger partial charge in [0.2, 0.25) is 17.2 Å². The highest BCUT2D eigenvalue weighted by molar-refractivity contribution is 8.00. The fourth-order valence-electron chi connectivity index (χ4n) is 2.87. The van der Waals surface area contributed by atoms with Crippen molar-refractivity contribution in [3.63, 3.8) is 0 Å². The molecule has 3 rings (SSSR count). The SMILES string of the molecule is CC1CN(c2nc(Cl)nc(N3CCCC3)n2)CC(C)S1. The summed E-state index contributed by atoms with van der Waals surface area (Å²) in [5.41, 5.74) is 0. The van der Waals surface area contributed by atoms with Crippen LogP contribution >= 0.6 is 23.4 Å². The van der Waals surface area contributed by atoms with Crippen LogP contribution in [0.15, 0.2) is 0 Å². The Morgan fingerprint density at radius 3 is 2.10 bits per heavy atom. The van der Waals surface area contributed by atoms with Crippen LogP contribution in [0.3, 0.4) is 0 Å². The predicted octanol–water partition coefficient (Wildman–Crippen LogP) is 2.46. The van der Waals surface area contributed by atoms with Gasteiger partial charge in [0, 0.05) is 36.7 Å². The Morgan fingerprint density at radius 1 is 0.950 bits per heavy atom. The number of thioether (sulfide) groups is 1. The maximum absolute atomic E-state index is 6.10. The van der Waals surface area contributed by atoms with Crippen molar-refractivity contribution in [3.8, 4) is 0 Å². The molecule has 20 heavy (non-hydrogen) atoms. The molecule has 0 spiro atoms. The first-order chi connectivity index (χ1) is 9.61. The molecule has 1 aromatic rings. The van der Waals surface area contributed by atoms with Gasteiger partial charge in [-0.15, -0.1) is 0 Å². The number of halogens is 1. The molecular formula is C13H20ClN5S. The number of hydrogen-bond donors (Lipinski definition) is 0. The number of nitrogens with zero attached hydrogens (tertiary/aromatic N) is 5. The Morgan fingerprint density at radius 2 is 1.50 bits per heavy atom. The lowest BCUT2D eigenvalue weighted by atomic mass is 10.3. The molecule has 7 heteroatoms. The molecule has 0 radical (unpaired) electrons. The zero-order chi connectivity index (χ0) is 14.1. The average Bonchev–Trinajstić information content (AvgIpc) is 2.90. The molecule has 0 aliphatic carbocycles. The van der Waals surface area contributed by atoms with Crippen LogP contribution in [0.2, 0.25) is 5.28 Å². The molecule has 110 valence electrons. The van der Waals surface area contributed by atoms with Crippen LogP contribution < -0.4 is 9.80 Å². The zero-order valence-electron chi connectivity index (χ0n) is 11.9. The second-order valence-electron chi connectivity index (χ2n) is 5.56. The standard InChI is InChI=1S/C13H20ClN5S/c1-9-7-19(8-10(2)20-9)13-16-11(14)15-12(17-13)18-5-3-4-6-18/h9-10H,3-8H2,1-2H3. The van der Waals surface area contributed by atoms with E-state index in [1.807, 2.05) is 11.8 Å². The van der Waals surface area contributed by atoms with E-state index < -0.39 is 0 Å². The maximum atomic E-state index is 6.10. The number of anilines is 2. The molecule has 0 N–H and O–H groups in total. The van der Waals surface area contributed by atoms with Crippen molar-refractivity contribution >= 4 is 35.3 Å². The average molecular weight is 314 g/mol. The van der Waals surface area contributed by atoms with Crippen molar-refractivity contribution in [2.24, 2.45) is 0 Å². The van der Waals surface area contributed by atoms with E-state index in [0.29, 0.717) is 15.8 Å². The molecule has 2 aliphatic heterocycles. The number of rotatable bonds is 2. The molecule has 0 saturated carbocycles. The van der Waals surface area contributed by atoms with Crippen LogP contribution in [-0.2, 0) is 0 Å². The largest absolute Gasteiger partial charge is 0.341 e. The number of aromatic nitrogens is 3. The third-order valence-electron chi connectivity index (χ3n) is 3.68. The second-order valence-corrected chi connectivity index (χ2v) is 7.78. The quantitative estimate of drug-likeness (QED) is 0.836. The van der Waals surface area contributed by atoms with Gasteiger partial charge in [0.1, 0.15) is 0 Å². The first-order valence-corrected chi connectivity index (χ1v) is 8.51. The Bertz CT molecular complexity index is 470. The van der Waals surface area contributed by atoms with Crippen molar-refractivity contribution in [2.75, 3.05) is 36.0 Å². The highest BCUT2D eigenvalue weighted by Gasteiger charge is 2.26. The molecule has 2 atom stereocenters. The molecule has 0 bridgehead atoms. The van der Waals surface area contributed by atoms with Crippen LogP contribution in [0.25, 0.3) is 0 Å². The predicted molar refractivity (Wildman–Crippen MR) is 85.0 cm³/mol. The van der Waals surface area contributed by atoms with Gasteiger partial charge in [-0.3, -0.25) is 0 Å². The molecule has 0 amide bonds. The van der Waals surface area contributed by atoms with Crippen molar-refractivity contribution in [2.45, 2.75) is 37.2 Å². The Balaban J connectivity index is 1.85. The van der Waals surface area contributed by atoms with E-state index >= 15 is 0 Å². The smallest absolute Gasteiger partial charge is 0.231 e. The van der Waals surface area contributed by atoms with E-state index in [1.54, 1.807) is 0 Å². The molecular weight excluding hydrogens is 294 g/mol. The lowest BCUT2D eigenvalue weighted by molar-refractivity contribution is 0.701.